The Balaban J connectivity index is 1.40. The van der Waals surface area contributed by atoms with Crippen molar-refractivity contribution in [3.8, 4) is 0 Å². The standard InChI is InChI=1S/C21H22N2O4S/c24-21(27-14-12-16-7-2-1-3-8-16)17-9-6-13-23(15-17)20-18-10-4-5-11-19(18)28(25,26)22-20/h1-5,7-8,10-11,17H,6,9,12-15H2. The lowest BCUT2D eigenvalue weighted by Crippen LogP contribution is -2.42. The third-order valence-corrected chi connectivity index (χ3v) is 6.47. The molecule has 7 heteroatoms. The summed E-state index contributed by atoms with van der Waals surface area (Å²) in [6, 6.07) is 16.7. The molecule has 6 nitrogen and oxygen atoms in total. The van der Waals surface area contributed by atoms with E-state index < -0.39 is 10.0 Å². The van der Waals surface area contributed by atoms with Gasteiger partial charge in [-0.05, 0) is 30.5 Å². The van der Waals surface area contributed by atoms with Crippen molar-refractivity contribution in [3.63, 3.8) is 0 Å². The Morgan fingerprint density at radius 1 is 1.11 bits per heavy atom. The number of piperidine rings is 1. The average molecular weight is 398 g/mol. The van der Waals surface area contributed by atoms with Gasteiger partial charge in [-0.25, -0.2) is 0 Å². The number of fused-ring (bicyclic) bond motifs is 1. The largest absolute Gasteiger partial charge is 0.465 e. The molecule has 2 aliphatic rings. The van der Waals surface area contributed by atoms with Crippen LogP contribution in [0.1, 0.15) is 24.0 Å². The van der Waals surface area contributed by atoms with Gasteiger partial charge >= 0.3 is 5.97 Å². The topological polar surface area (TPSA) is 76.0 Å². The fourth-order valence-corrected chi connectivity index (χ4v) is 4.94. The maximum absolute atomic E-state index is 12.5. The molecule has 1 unspecified atom stereocenters. The van der Waals surface area contributed by atoms with Crippen molar-refractivity contribution in [2.75, 3.05) is 19.7 Å². The first-order valence-electron chi connectivity index (χ1n) is 9.44. The maximum atomic E-state index is 12.5. The van der Waals surface area contributed by atoms with Crippen LogP contribution >= 0.6 is 0 Å². The Kier molecular flexibility index (Phi) is 5.17. The van der Waals surface area contributed by atoms with Gasteiger partial charge < -0.3 is 9.64 Å². The van der Waals surface area contributed by atoms with E-state index >= 15 is 0 Å². The fraction of sp³-hybridized carbons (Fsp3) is 0.333. The minimum absolute atomic E-state index is 0.227. The SMILES string of the molecule is O=C(OCCc1ccccc1)C1CCCN(C2=NS(=O)(=O)c3ccccc32)C1. The molecule has 28 heavy (non-hydrogen) atoms. The molecule has 0 aromatic heterocycles. The molecule has 0 bridgehead atoms. The van der Waals surface area contributed by atoms with Gasteiger partial charge in [-0.3, -0.25) is 4.79 Å². The molecule has 146 valence electrons. The van der Waals surface area contributed by atoms with Crippen molar-refractivity contribution in [2.24, 2.45) is 10.3 Å². The first-order chi connectivity index (χ1) is 13.5. The summed E-state index contributed by atoms with van der Waals surface area (Å²) in [5.74, 6) is -0.0598. The summed E-state index contributed by atoms with van der Waals surface area (Å²) in [5, 5.41) is 0. The number of sulfonamides is 1. The number of hydrogen-bond acceptors (Lipinski definition) is 5. The van der Waals surface area contributed by atoms with E-state index in [-0.39, 0.29) is 16.8 Å². The number of esters is 1. The average Bonchev–Trinajstić information content (AvgIpc) is 3.00. The molecule has 0 amide bonds. The zero-order valence-electron chi connectivity index (χ0n) is 15.5. The van der Waals surface area contributed by atoms with Crippen LogP contribution in [0.25, 0.3) is 0 Å². The highest BCUT2D eigenvalue weighted by atomic mass is 32.2. The summed E-state index contributed by atoms with van der Waals surface area (Å²) in [6.07, 6.45) is 2.21. The zero-order chi connectivity index (χ0) is 19.6. The number of ether oxygens (including phenoxy) is 1. The summed E-state index contributed by atoms with van der Waals surface area (Å²) in [7, 11) is -3.66. The summed E-state index contributed by atoms with van der Waals surface area (Å²) in [5.41, 5.74) is 1.74. The molecular weight excluding hydrogens is 376 g/mol. The normalized spacial score (nSPS) is 20.4. The van der Waals surface area contributed by atoms with Crippen molar-refractivity contribution in [1.29, 1.82) is 0 Å². The Morgan fingerprint density at radius 2 is 1.86 bits per heavy atom. The highest BCUT2D eigenvalue weighted by Crippen LogP contribution is 2.30. The first-order valence-corrected chi connectivity index (χ1v) is 10.9. The molecule has 2 aromatic rings. The second-order valence-corrected chi connectivity index (χ2v) is 8.65. The Morgan fingerprint density at radius 3 is 2.68 bits per heavy atom. The molecule has 2 heterocycles. The van der Waals surface area contributed by atoms with Gasteiger partial charge in [0.05, 0.1) is 12.5 Å². The third-order valence-electron chi connectivity index (χ3n) is 5.14. The maximum Gasteiger partial charge on any atom is 0.310 e. The molecule has 0 radical (unpaired) electrons. The van der Waals surface area contributed by atoms with Crippen LogP contribution in [-0.4, -0.2) is 44.8 Å². The molecular formula is C21H22N2O4S. The Labute approximate surface area is 164 Å². The van der Waals surface area contributed by atoms with E-state index in [1.165, 1.54) is 0 Å². The van der Waals surface area contributed by atoms with Gasteiger partial charge in [0.1, 0.15) is 4.90 Å². The van der Waals surface area contributed by atoms with Crippen molar-refractivity contribution in [1.82, 2.24) is 4.90 Å². The third kappa shape index (κ3) is 3.80. The van der Waals surface area contributed by atoms with E-state index in [4.69, 9.17) is 4.74 Å². The number of rotatable bonds is 4. The van der Waals surface area contributed by atoms with E-state index in [9.17, 15) is 13.2 Å². The number of carbonyl (C=O) groups is 1. The molecule has 0 aliphatic carbocycles. The predicted molar refractivity (Wildman–Crippen MR) is 106 cm³/mol. The van der Waals surface area contributed by atoms with E-state index in [1.54, 1.807) is 24.3 Å². The number of likely N-dealkylation sites (tertiary alicyclic amines) is 1. The van der Waals surface area contributed by atoms with Crippen LogP contribution < -0.4 is 0 Å². The quantitative estimate of drug-likeness (QED) is 0.740. The van der Waals surface area contributed by atoms with Gasteiger partial charge in [0.25, 0.3) is 10.0 Å². The predicted octanol–water partition coefficient (Wildman–Crippen LogP) is 2.63. The van der Waals surface area contributed by atoms with Crippen LogP contribution in [0, 0.1) is 5.92 Å². The van der Waals surface area contributed by atoms with Crippen molar-refractivity contribution in [2.45, 2.75) is 24.2 Å². The Bertz CT molecular complexity index is 1000. The minimum Gasteiger partial charge on any atom is -0.465 e. The number of hydrogen-bond donors (Lipinski definition) is 0. The van der Waals surface area contributed by atoms with Gasteiger partial charge in [0.15, 0.2) is 5.84 Å². The van der Waals surface area contributed by atoms with Crippen LogP contribution in [0.3, 0.4) is 0 Å². The van der Waals surface area contributed by atoms with E-state index in [1.807, 2.05) is 35.2 Å². The molecule has 1 atom stereocenters. The lowest BCUT2D eigenvalue weighted by atomic mass is 9.97. The number of amidine groups is 1. The van der Waals surface area contributed by atoms with Gasteiger partial charge in [0, 0.05) is 25.1 Å². The lowest BCUT2D eigenvalue weighted by Gasteiger charge is -2.32. The smallest absolute Gasteiger partial charge is 0.310 e. The summed E-state index contributed by atoms with van der Waals surface area (Å²) in [6.45, 7) is 1.45. The molecule has 2 aromatic carbocycles. The van der Waals surface area contributed by atoms with Crippen LogP contribution in [0.5, 0.6) is 0 Å². The molecule has 1 saturated heterocycles. The zero-order valence-corrected chi connectivity index (χ0v) is 16.3. The van der Waals surface area contributed by atoms with Crippen LogP contribution in [0.15, 0.2) is 63.9 Å². The van der Waals surface area contributed by atoms with E-state index in [0.717, 1.165) is 18.4 Å². The number of carbonyl (C=O) groups excluding carboxylic acids is 1. The highest BCUT2D eigenvalue weighted by Gasteiger charge is 2.35. The Hall–Kier alpha value is -2.67. The molecule has 0 saturated carbocycles. The summed E-state index contributed by atoms with van der Waals surface area (Å²) in [4.78, 5) is 14.6. The van der Waals surface area contributed by atoms with Crippen LogP contribution in [0.2, 0.25) is 0 Å². The molecule has 2 aliphatic heterocycles. The van der Waals surface area contributed by atoms with Crippen molar-refractivity contribution in [3.05, 3.63) is 65.7 Å². The minimum atomic E-state index is -3.66. The van der Waals surface area contributed by atoms with Gasteiger partial charge in [-0.1, -0.05) is 42.5 Å². The second kappa shape index (κ2) is 7.75. The highest BCUT2D eigenvalue weighted by molar-refractivity contribution is 7.90. The summed E-state index contributed by atoms with van der Waals surface area (Å²) >= 11 is 0. The monoisotopic (exact) mass is 398 g/mol. The van der Waals surface area contributed by atoms with Crippen LogP contribution in [0.4, 0.5) is 0 Å². The summed E-state index contributed by atoms with van der Waals surface area (Å²) < 4.78 is 34.0. The van der Waals surface area contributed by atoms with Crippen molar-refractivity contribution < 1.29 is 17.9 Å². The fourth-order valence-electron chi connectivity index (χ4n) is 3.71. The van der Waals surface area contributed by atoms with E-state index in [2.05, 4.69) is 4.40 Å². The van der Waals surface area contributed by atoms with Gasteiger partial charge in [-0.2, -0.15) is 8.42 Å². The molecule has 0 N–H and O–H groups in total. The lowest BCUT2D eigenvalue weighted by molar-refractivity contribution is -0.149. The van der Waals surface area contributed by atoms with E-state index in [0.29, 0.717) is 37.5 Å². The van der Waals surface area contributed by atoms with Crippen LogP contribution in [-0.2, 0) is 26.0 Å². The first kappa shape index (κ1) is 18.7. The van der Waals surface area contributed by atoms with Crippen molar-refractivity contribution >= 4 is 21.8 Å². The number of benzene rings is 2. The molecule has 1 fully saturated rings. The van der Waals surface area contributed by atoms with Gasteiger partial charge in [0.2, 0.25) is 0 Å². The second-order valence-electron chi connectivity index (χ2n) is 7.07. The molecule has 0 spiro atoms. The number of nitrogens with zero attached hydrogens (tertiary/aromatic N) is 2. The van der Waals surface area contributed by atoms with Gasteiger partial charge in [-0.15, -0.1) is 4.40 Å². The molecule has 4 rings (SSSR count).